The second-order valence-corrected chi connectivity index (χ2v) is 8.30. The number of amides is 2. The zero-order chi connectivity index (χ0) is 19.3. The third-order valence-electron chi connectivity index (χ3n) is 4.37. The molecule has 0 saturated heterocycles. The highest BCUT2D eigenvalue weighted by Crippen LogP contribution is 2.23. The monoisotopic (exact) mass is 373 g/mol. The van der Waals surface area contributed by atoms with E-state index in [4.69, 9.17) is 0 Å². The SMILES string of the molecule is CC[C@H](C)N(CC(=O)Nc1nccs1)C(=O)c1ccc(C(C)(C)C)cc1. The maximum absolute atomic E-state index is 13.0. The van der Waals surface area contributed by atoms with Crippen molar-refractivity contribution in [1.29, 1.82) is 0 Å². The van der Waals surface area contributed by atoms with Crippen LogP contribution >= 0.6 is 11.3 Å². The second kappa shape index (κ2) is 8.45. The molecule has 5 nitrogen and oxygen atoms in total. The van der Waals surface area contributed by atoms with Crippen LogP contribution in [0.1, 0.15) is 57.0 Å². The van der Waals surface area contributed by atoms with Crippen molar-refractivity contribution in [3.05, 3.63) is 47.0 Å². The van der Waals surface area contributed by atoms with Crippen molar-refractivity contribution >= 4 is 28.3 Å². The molecular weight excluding hydrogens is 346 g/mol. The molecule has 0 unspecified atom stereocenters. The van der Waals surface area contributed by atoms with Crippen LogP contribution in [0.15, 0.2) is 35.8 Å². The van der Waals surface area contributed by atoms with Gasteiger partial charge in [-0.25, -0.2) is 4.98 Å². The molecule has 1 aromatic heterocycles. The first-order valence-corrected chi connectivity index (χ1v) is 9.71. The Morgan fingerprint density at radius 2 is 1.88 bits per heavy atom. The molecule has 140 valence electrons. The Balaban J connectivity index is 2.15. The lowest BCUT2D eigenvalue weighted by Gasteiger charge is -2.28. The van der Waals surface area contributed by atoms with Gasteiger partial charge in [-0.05, 0) is 36.5 Å². The zero-order valence-electron chi connectivity index (χ0n) is 16.1. The summed E-state index contributed by atoms with van der Waals surface area (Å²) in [7, 11) is 0. The highest BCUT2D eigenvalue weighted by Gasteiger charge is 2.24. The lowest BCUT2D eigenvalue weighted by Crippen LogP contribution is -2.43. The van der Waals surface area contributed by atoms with Gasteiger partial charge in [0.15, 0.2) is 5.13 Å². The lowest BCUT2D eigenvalue weighted by molar-refractivity contribution is -0.117. The van der Waals surface area contributed by atoms with Crippen molar-refractivity contribution in [3.8, 4) is 0 Å². The number of rotatable bonds is 6. The van der Waals surface area contributed by atoms with Gasteiger partial charge in [-0.3, -0.25) is 9.59 Å². The summed E-state index contributed by atoms with van der Waals surface area (Å²) in [6, 6.07) is 7.62. The summed E-state index contributed by atoms with van der Waals surface area (Å²) in [5.74, 6) is -0.367. The van der Waals surface area contributed by atoms with Crippen LogP contribution in [0, 0.1) is 0 Å². The number of hydrogen-bond donors (Lipinski definition) is 1. The molecule has 0 bridgehead atoms. The van der Waals surface area contributed by atoms with Gasteiger partial charge in [-0.2, -0.15) is 0 Å². The van der Waals surface area contributed by atoms with Crippen LogP contribution in [0.5, 0.6) is 0 Å². The molecule has 1 aromatic carbocycles. The van der Waals surface area contributed by atoms with Gasteiger partial charge in [0.2, 0.25) is 5.91 Å². The summed E-state index contributed by atoms with van der Waals surface area (Å²) in [5.41, 5.74) is 1.80. The fraction of sp³-hybridized carbons (Fsp3) is 0.450. The molecule has 0 fully saturated rings. The molecule has 0 aliphatic carbocycles. The van der Waals surface area contributed by atoms with E-state index in [9.17, 15) is 9.59 Å². The third kappa shape index (κ3) is 5.14. The molecule has 2 amide bonds. The van der Waals surface area contributed by atoms with E-state index in [0.717, 1.165) is 6.42 Å². The minimum atomic E-state index is -0.236. The summed E-state index contributed by atoms with van der Waals surface area (Å²) in [5, 5.41) is 5.08. The molecule has 2 rings (SSSR count). The van der Waals surface area contributed by atoms with E-state index in [1.165, 1.54) is 16.9 Å². The fourth-order valence-electron chi connectivity index (χ4n) is 2.53. The first kappa shape index (κ1) is 20.1. The van der Waals surface area contributed by atoms with Gasteiger partial charge in [-0.15, -0.1) is 11.3 Å². The van der Waals surface area contributed by atoms with Gasteiger partial charge >= 0.3 is 0 Å². The van der Waals surface area contributed by atoms with Crippen LogP contribution in [0.2, 0.25) is 0 Å². The van der Waals surface area contributed by atoms with Gasteiger partial charge in [-0.1, -0.05) is 39.8 Å². The van der Waals surface area contributed by atoms with Crippen molar-refractivity contribution in [1.82, 2.24) is 9.88 Å². The molecule has 6 heteroatoms. The maximum Gasteiger partial charge on any atom is 0.254 e. The Bertz CT molecular complexity index is 733. The third-order valence-corrected chi connectivity index (χ3v) is 5.06. The highest BCUT2D eigenvalue weighted by atomic mass is 32.1. The van der Waals surface area contributed by atoms with E-state index in [2.05, 4.69) is 31.1 Å². The number of benzene rings is 1. The summed E-state index contributed by atoms with van der Waals surface area (Å²) in [4.78, 5) is 31.0. The highest BCUT2D eigenvalue weighted by molar-refractivity contribution is 7.13. The molecule has 0 aliphatic heterocycles. The largest absolute Gasteiger partial charge is 0.327 e. The molecule has 0 radical (unpaired) electrons. The quantitative estimate of drug-likeness (QED) is 0.820. The van der Waals surface area contributed by atoms with Crippen molar-refractivity contribution in [2.24, 2.45) is 0 Å². The number of anilines is 1. The minimum Gasteiger partial charge on any atom is -0.327 e. The van der Waals surface area contributed by atoms with Gasteiger partial charge in [0.1, 0.15) is 6.54 Å². The van der Waals surface area contributed by atoms with Gasteiger partial charge in [0.25, 0.3) is 5.91 Å². The molecular formula is C20H27N3O2S. The number of nitrogens with one attached hydrogen (secondary N) is 1. The van der Waals surface area contributed by atoms with Crippen molar-refractivity contribution in [2.45, 2.75) is 52.5 Å². The van der Waals surface area contributed by atoms with E-state index < -0.39 is 0 Å². The van der Waals surface area contributed by atoms with E-state index >= 15 is 0 Å². The van der Waals surface area contributed by atoms with Crippen molar-refractivity contribution < 1.29 is 9.59 Å². The van der Waals surface area contributed by atoms with E-state index in [1.54, 1.807) is 16.5 Å². The summed E-state index contributed by atoms with van der Waals surface area (Å²) < 4.78 is 0. The lowest BCUT2D eigenvalue weighted by atomic mass is 9.86. The number of carbonyl (C=O) groups excluding carboxylic acids is 2. The molecule has 0 aliphatic rings. The van der Waals surface area contributed by atoms with Crippen LogP contribution in [0.3, 0.4) is 0 Å². The molecule has 1 heterocycles. The van der Waals surface area contributed by atoms with Crippen LogP contribution in [-0.2, 0) is 10.2 Å². The van der Waals surface area contributed by atoms with Gasteiger partial charge in [0.05, 0.1) is 0 Å². The van der Waals surface area contributed by atoms with Gasteiger partial charge < -0.3 is 10.2 Å². The average molecular weight is 374 g/mol. The predicted molar refractivity (Wildman–Crippen MR) is 107 cm³/mol. The number of carbonyl (C=O) groups is 2. The fourth-order valence-corrected chi connectivity index (χ4v) is 3.07. The molecule has 26 heavy (non-hydrogen) atoms. The smallest absolute Gasteiger partial charge is 0.254 e. The van der Waals surface area contributed by atoms with Crippen LogP contribution < -0.4 is 5.32 Å². The van der Waals surface area contributed by atoms with Crippen molar-refractivity contribution in [2.75, 3.05) is 11.9 Å². The van der Waals surface area contributed by atoms with E-state index in [1.807, 2.05) is 38.1 Å². The number of nitrogens with zero attached hydrogens (tertiary/aromatic N) is 2. The summed E-state index contributed by atoms with van der Waals surface area (Å²) in [6.07, 6.45) is 2.41. The van der Waals surface area contributed by atoms with Crippen LogP contribution in [0.4, 0.5) is 5.13 Å². The molecule has 2 aromatic rings. The number of aromatic nitrogens is 1. The average Bonchev–Trinajstić information content (AvgIpc) is 3.10. The molecule has 0 saturated carbocycles. The molecule has 1 atom stereocenters. The van der Waals surface area contributed by atoms with Crippen LogP contribution in [-0.4, -0.2) is 34.3 Å². The number of thiazole rings is 1. The van der Waals surface area contributed by atoms with Gasteiger partial charge in [0, 0.05) is 23.2 Å². The molecule has 0 spiro atoms. The standard InChI is InChI=1S/C20H27N3O2S/c1-6-14(2)23(13-17(24)22-19-21-11-12-26-19)18(25)15-7-9-16(10-8-15)20(3,4)5/h7-12,14H,6,13H2,1-5H3,(H,21,22,24)/t14-/m0/s1. The summed E-state index contributed by atoms with van der Waals surface area (Å²) in [6.45, 7) is 10.4. The Morgan fingerprint density at radius 1 is 1.23 bits per heavy atom. The second-order valence-electron chi connectivity index (χ2n) is 7.40. The predicted octanol–water partition coefficient (Wildman–Crippen LogP) is 4.32. The Morgan fingerprint density at radius 3 is 2.38 bits per heavy atom. The van der Waals surface area contributed by atoms with Crippen molar-refractivity contribution in [3.63, 3.8) is 0 Å². The van der Waals surface area contributed by atoms with E-state index in [-0.39, 0.29) is 29.8 Å². The molecule has 1 N–H and O–H groups in total. The first-order chi connectivity index (χ1) is 12.2. The number of hydrogen-bond acceptors (Lipinski definition) is 4. The summed E-state index contributed by atoms with van der Waals surface area (Å²) >= 11 is 1.35. The van der Waals surface area contributed by atoms with Crippen LogP contribution in [0.25, 0.3) is 0 Å². The zero-order valence-corrected chi connectivity index (χ0v) is 16.9. The topological polar surface area (TPSA) is 62.3 Å². The maximum atomic E-state index is 13.0. The normalized spacial score (nSPS) is 12.5. The Kier molecular flexibility index (Phi) is 6.53. The first-order valence-electron chi connectivity index (χ1n) is 8.83. The minimum absolute atomic E-state index is 0.00838. The Hall–Kier alpha value is -2.21. The van der Waals surface area contributed by atoms with E-state index in [0.29, 0.717) is 10.7 Å². The Labute approximate surface area is 159 Å².